The van der Waals surface area contributed by atoms with Crippen molar-refractivity contribution >= 4 is 11.9 Å². The van der Waals surface area contributed by atoms with Gasteiger partial charge in [0.1, 0.15) is 0 Å². The van der Waals surface area contributed by atoms with Crippen molar-refractivity contribution in [3.05, 3.63) is 0 Å². The van der Waals surface area contributed by atoms with Gasteiger partial charge in [-0.25, -0.2) is 0 Å². The fraction of sp³-hybridized carbons (Fsp3) is 0.941. The molecule has 0 N–H and O–H groups in total. The Bertz CT molecular complexity index is 666. The van der Waals surface area contributed by atoms with Crippen LogP contribution in [0.3, 0.4) is 0 Å². The topological polar surface area (TPSA) is 126 Å². The molecule has 0 aromatic carbocycles. The third-order valence-corrected chi connectivity index (χ3v) is 6.53. The van der Waals surface area contributed by atoms with E-state index in [1.807, 2.05) is 0 Å². The lowest BCUT2D eigenvalue weighted by atomic mass is 10.2. The number of hydrogen-bond donors (Lipinski definition) is 0. The summed E-state index contributed by atoms with van der Waals surface area (Å²) in [5.41, 5.74) is 0. The van der Waals surface area contributed by atoms with Crippen molar-refractivity contribution in [2.45, 2.75) is 183 Å². The first-order valence-corrected chi connectivity index (χ1v) is 17.4. The molecule has 0 bridgehead atoms. The maximum atomic E-state index is 12.8. The summed E-state index contributed by atoms with van der Waals surface area (Å²) in [6, 6.07) is 0. The van der Waals surface area contributed by atoms with E-state index in [9.17, 15) is 9.59 Å². The van der Waals surface area contributed by atoms with Gasteiger partial charge in [0.2, 0.25) is 0 Å². The Morgan fingerprint density at radius 2 is 0.696 bits per heavy atom. The second kappa shape index (κ2) is 26.6. The molecule has 0 saturated carbocycles. The molecule has 0 heterocycles. The molecule has 0 rings (SSSR count). The van der Waals surface area contributed by atoms with Crippen molar-refractivity contribution in [2.24, 2.45) is 0 Å². The zero-order valence-corrected chi connectivity index (χ0v) is 30.5. The van der Waals surface area contributed by atoms with Crippen LogP contribution >= 0.6 is 0 Å². The molecule has 4 unspecified atom stereocenters. The van der Waals surface area contributed by atoms with Gasteiger partial charge in [-0.1, -0.05) is 53.4 Å². The van der Waals surface area contributed by atoms with Crippen molar-refractivity contribution in [3.63, 3.8) is 0 Å². The fourth-order valence-electron chi connectivity index (χ4n) is 4.12. The highest BCUT2D eigenvalue weighted by molar-refractivity contribution is 5.71. The van der Waals surface area contributed by atoms with Crippen LogP contribution in [-0.2, 0) is 57.0 Å². The molecule has 0 aromatic heterocycles. The molecule has 46 heavy (non-hydrogen) atoms. The van der Waals surface area contributed by atoms with Gasteiger partial charge in [-0.3, -0.25) is 28.5 Å². The van der Waals surface area contributed by atoms with Gasteiger partial charge >= 0.3 is 23.9 Å². The van der Waals surface area contributed by atoms with Gasteiger partial charge in [-0.05, 0) is 66.2 Å². The zero-order valence-electron chi connectivity index (χ0n) is 30.5. The molecule has 0 aromatic rings. The van der Waals surface area contributed by atoms with Gasteiger partial charge in [0, 0.05) is 53.1 Å². The minimum absolute atomic E-state index is 0.0284. The lowest BCUT2D eigenvalue weighted by molar-refractivity contribution is -0.423. The summed E-state index contributed by atoms with van der Waals surface area (Å²) in [6.45, 7) is 20.2. The molecular formula is C34H66O12. The summed E-state index contributed by atoms with van der Waals surface area (Å²) < 4.78 is 57.4. The van der Waals surface area contributed by atoms with Gasteiger partial charge in [0.25, 0.3) is 0 Å². The van der Waals surface area contributed by atoms with E-state index >= 15 is 0 Å². The van der Waals surface area contributed by atoms with Gasteiger partial charge in [0.05, 0.1) is 0 Å². The molecule has 4 atom stereocenters. The van der Waals surface area contributed by atoms with E-state index in [0.717, 1.165) is 51.4 Å². The minimum Gasteiger partial charge on any atom is -0.408 e. The first kappa shape index (κ1) is 44.6. The zero-order chi connectivity index (χ0) is 34.8. The Hall–Kier alpha value is -1.38. The van der Waals surface area contributed by atoms with Gasteiger partial charge in [0.15, 0.2) is 25.2 Å². The van der Waals surface area contributed by atoms with Crippen molar-refractivity contribution in [2.75, 3.05) is 26.4 Å². The quantitative estimate of drug-likeness (QED) is 0.0409. The number of hydrogen-bond acceptors (Lipinski definition) is 12. The molecule has 0 radical (unpaired) electrons. The molecule has 12 nitrogen and oxygen atoms in total. The van der Waals surface area contributed by atoms with E-state index < -0.39 is 49.0 Å². The Kier molecular flexibility index (Phi) is 25.8. The normalized spacial score (nSPS) is 17.0. The van der Waals surface area contributed by atoms with Crippen LogP contribution in [-0.4, -0.2) is 75.5 Å². The van der Waals surface area contributed by atoms with Gasteiger partial charge in [-0.15, -0.1) is 0 Å². The second-order valence-electron chi connectivity index (χ2n) is 11.5. The maximum Gasteiger partial charge on any atom is 0.330 e. The molecular weight excluding hydrogens is 600 g/mol. The van der Waals surface area contributed by atoms with E-state index in [1.165, 1.54) is 13.8 Å². The molecule has 0 amide bonds. The fourth-order valence-corrected chi connectivity index (χ4v) is 4.12. The summed E-state index contributed by atoms with van der Waals surface area (Å²) in [4.78, 5) is 25.7. The van der Waals surface area contributed by atoms with E-state index in [-0.39, 0.29) is 12.8 Å². The van der Waals surface area contributed by atoms with Crippen LogP contribution in [0, 0.1) is 0 Å². The van der Waals surface area contributed by atoms with Gasteiger partial charge in [-0.2, -0.15) is 0 Å². The molecule has 0 fully saturated rings. The lowest BCUT2D eigenvalue weighted by Crippen LogP contribution is -2.44. The monoisotopic (exact) mass is 666 g/mol. The van der Waals surface area contributed by atoms with Crippen LogP contribution < -0.4 is 0 Å². The number of ether oxygens (including phenoxy) is 10. The predicted molar refractivity (Wildman–Crippen MR) is 173 cm³/mol. The summed E-state index contributed by atoms with van der Waals surface area (Å²) in [5, 5.41) is 0. The van der Waals surface area contributed by atoms with E-state index in [2.05, 4.69) is 27.7 Å². The molecule has 0 aliphatic rings. The standard InChI is InChI=1S/C34H66O12/c1-11-15-23-37-27(5)41-33(9,42-28(6)38-24-16-12-2)45-31(35)21-19-20-22-32(36)46-34(10,43-29(7)39-25-17-13-3)44-30(8)40-26-18-14-4/h27-30H,11-26H2,1-10H3. The third-order valence-electron chi connectivity index (χ3n) is 6.53. The molecule has 0 aliphatic carbocycles. The van der Waals surface area contributed by atoms with Crippen LogP contribution in [0.1, 0.15) is 146 Å². The number of esters is 2. The molecule has 274 valence electrons. The van der Waals surface area contributed by atoms with Crippen LogP contribution in [0.2, 0.25) is 0 Å². The van der Waals surface area contributed by atoms with E-state index in [4.69, 9.17) is 47.4 Å². The number of unbranched alkanes of at least 4 members (excludes halogenated alkanes) is 5. The first-order chi connectivity index (χ1) is 21.8. The minimum atomic E-state index is -1.73. The number of rotatable bonds is 31. The largest absolute Gasteiger partial charge is 0.408 e. The SMILES string of the molecule is CCCCOC(C)OC(C)(OC(=O)CCCCC(=O)OC(C)(OC(C)OCCCC)OC(C)OCCCC)OC(C)OCCCC. The second-order valence-corrected chi connectivity index (χ2v) is 11.5. The van der Waals surface area contributed by atoms with E-state index in [1.54, 1.807) is 27.7 Å². The number of carbonyl (C=O) groups is 2. The first-order valence-electron chi connectivity index (χ1n) is 17.4. The molecule has 0 saturated heterocycles. The predicted octanol–water partition coefficient (Wildman–Crippen LogP) is 7.70. The van der Waals surface area contributed by atoms with Crippen molar-refractivity contribution in [1.82, 2.24) is 0 Å². The van der Waals surface area contributed by atoms with Gasteiger partial charge < -0.3 is 28.4 Å². The molecule has 12 heteroatoms. The maximum absolute atomic E-state index is 12.8. The third kappa shape index (κ3) is 23.9. The molecule has 0 aliphatic heterocycles. The Balaban J connectivity index is 5.08. The van der Waals surface area contributed by atoms with Crippen LogP contribution in [0.4, 0.5) is 0 Å². The van der Waals surface area contributed by atoms with Crippen LogP contribution in [0.15, 0.2) is 0 Å². The summed E-state index contributed by atoms with van der Waals surface area (Å²) in [5.74, 6) is -4.56. The van der Waals surface area contributed by atoms with Crippen LogP contribution in [0.5, 0.6) is 0 Å². The molecule has 0 spiro atoms. The average Bonchev–Trinajstić information content (AvgIpc) is 2.95. The van der Waals surface area contributed by atoms with Crippen molar-refractivity contribution in [3.8, 4) is 0 Å². The van der Waals surface area contributed by atoms with Crippen molar-refractivity contribution in [1.29, 1.82) is 0 Å². The average molecular weight is 667 g/mol. The summed E-state index contributed by atoms with van der Waals surface area (Å²) in [7, 11) is 0. The highest BCUT2D eigenvalue weighted by Gasteiger charge is 2.37. The van der Waals surface area contributed by atoms with Crippen molar-refractivity contribution < 1.29 is 57.0 Å². The highest BCUT2D eigenvalue weighted by Crippen LogP contribution is 2.24. The lowest BCUT2D eigenvalue weighted by Gasteiger charge is -2.34. The van der Waals surface area contributed by atoms with Crippen LogP contribution in [0.25, 0.3) is 0 Å². The Labute approximate surface area is 278 Å². The Morgan fingerprint density at radius 3 is 0.913 bits per heavy atom. The van der Waals surface area contributed by atoms with E-state index in [0.29, 0.717) is 39.3 Å². The highest BCUT2D eigenvalue weighted by atomic mass is 16.9. The Morgan fingerprint density at radius 1 is 0.457 bits per heavy atom. The smallest absolute Gasteiger partial charge is 0.330 e. The summed E-state index contributed by atoms with van der Waals surface area (Å²) >= 11 is 0. The number of carbonyl (C=O) groups excluding carboxylic acids is 2. The summed E-state index contributed by atoms with van der Waals surface area (Å²) in [6.07, 6.45) is 5.46.